The molecule has 5 nitrogen and oxygen atoms in total. The Balaban J connectivity index is 1.95. The number of benzene rings is 1. The van der Waals surface area contributed by atoms with Crippen molar-refractivity contribution in [2.45, 2.75) is 6.54 Å². The van der Waals surface area contributed by atoms with Crippen LogP contribution in [0.3, 0.4) is 0 Å². The first-order valence-electron chi connectivity index (χ1n) is 6.38. The molecule has 0 aliphatic carbocycles. The summed E-state index contributed by atoms with van der Waals surface area (Å²) in [5.41, 5.74) is 3.29. The van der Waals surface area contributed by atoms with Gasteiger partial charge < -0.3 is 0 Å². The molecule has 0 atom stereocenters. The molecule has 104 valence electrons. The number of nitrogens with zero attached hydrogens (tertiary/aromatic N) is 5. The summed E-state index contributed by atoms with van der Waals surface area (Å²) < 4.78 is 3.48. The second-order valence-corrected chi connectivity index (χ2v) is 5.00. The number of aromatic nitrogens is 4. The van der Waals surface area contributed by atoms with Gasteiger partial charge in [0.15, 0.2) is 5.15 Å². The van der Waals surface area contributed by atoms with Gasteiger partial charge in [-0.1, -0.05) is 29.8 Å². The molecule has 1 aromatic carbocycles. The SMILES string of the molecule is Cn1nccc1-c1cn(Cc2ccccc2C#N)nc1Cl. The minimum atomic E-state index is 0.424. The predicted molar refractivity (Wildman–Crippen MR) is 79.7 cm³/mol. The van der Waals surface area contributed by atoms with Crippen LogP contribution in [0.25, 0.3) is 11.3 Å². The third-order valence-electron chi connectivity index (χ3n) is 3.28. The van der Waals surface area contributed by atoms with Crippen LogP contribution in [0.1, 0.15) is 11.1 Å². The molecule has 3 rings (SSSR count). The van der Waals surface area contributed by atoms with Crippen LogP contribution >= 0.6 is 11.6 Å². The molecular formula is C15H12ClN5. The Kier molecular flexibility index (Phi) is 3.46. The van der Waals surface area contributed by atoms with Crippen LogP contribution in [-0.4, -0.2) is 19.6 Å². The van der Waals surface area contributed by atoms with Gasteiger partial charge in [-0.2, -0.15) is 15.5 Å². The molecule has 2 aromatic heterocycles. The van der Waals surface area contributed by atoms with E-state index in [0.717, 1.165) is 16.8 Å². The zero-order chi connectivity index (χ0) is 14.8. The lowest BCUT2D eigenvalue weighted by Gasteiger charge is -2.03. The average molecular weight is 298 g/mol. The van der Waals surface area contributed by atoms with Crippen LogP contribution in [0, 0.1) is 11.3 Å². The summed E-state index contributed by atoms with van der Waals surface area (Å²) >= 11 is 6.21. The molecule has 0 aliphatic rings. The Morgan fingerprint density at radius 1 is 1.29 bits per heavy atom. The number of halogens is 1. The molecule has 0 N–H and O–H groups in total. The van der Waals surface area contributed by atoms with Gasteiger partial charge in [0.25, 0.3) is 0 Å². The van der Waals surface area contributed by atoms with E-state index in [1.165, 1.54) is 0 Å². The monoisotopic (exact) mass is 297 g/mol. The van der Waals surface area contributed by atoms with Gasteiger partial charge in [0.05, 0.1) is 29.4 Å². The zero-order valence-electron chi connectivity index (χ0n) is 11.4. The van der Waals surface area contributed by atoms with Crippen molar-refractivity contribution < 1.29 is 0 Å². The third kappa shape index (κ3) is 2.54. The third-order valence-corrected chi connectivity index (χ3v) is 3.56. The fourth-order valence-corrected chi connectivity index (χ4v) is 2.47. The molecule has 0 unspecified atom stereocenters. The minimum Gasteiger partial charge on any atom is -0.268 e. The lowest BCUT2D eigenvalue weighted by atomic mass is 10.1. The molecule has 0 fully saturated rings. The zero-order valence-corrected chi connectivity index (χ0v) is 12.1. The molecule has 0 saturated carbocycles. The van der Waals surface area contributed by atoms with E-state index in [-0.39, 0.29) is 0 Å². The Bertz CT molecular complexity index is 825. The van der Waals surface area contributed by atoms with Gasteiger partial charge in [0.2, 0.25) is 0 Å². The molecule has 0 spiro atoms. The Morgan fingerprint density at radius 2 is 2.10 bits per heavy atom. The normalized spacial score (nSPS) is 10.5. The van der Waals surface area contributed by atoms with Gasteiger partial charge in [-0.25, -0.2) is 0 Å². The summed E-state index contributed by atoms with van der Waals surface area (Å²) in [5.74, 6) is 0. The summed E-state index contributed by atoms with van der Waals surface area (Å²) in [6, 6.07) is 11.5. The summed E-state index contributed by atoms with van der Waals surface area (Å²) in [4.78, 5) is 0. The first kappa shape index (κ1) is 13.4. The van der Waals surface area contributed by atoms with Gasteiger partial charge in [0, 0.05) is 19.4 Å². The fraction of sp³-hybridized carbons (Fsp3) is 0.133. The summed E-state index contributed by atoms with van der Waals surface area (Å²) in [5, 5.41) is 18.0. The Hall–Kier alpha value is -2.58. The maximum atomic E-state index is 9.13. The minimum absolute atomic E-state index is 0.424. The van der Waals surface area contributed by atoms with Gasteiger partial charge in [-0.15, -0.1) is 0 Å². The van der Waals surface area contributed by atoms with E-state index >= 15 is 0 Å². The highest BCUT2D eigenvalue weighted by atomic mass is 35.5. The van der Waals surface area contributed by atoms with Crippen molar-refractivity contribution in [1.82, 2.24) is 19.6 Å². The summed E-state index contributed by atoms with van der Waals surface area (Å²) in [6.45, 7) is 0.501. The number of hydrogen-bond donors (Lipinski definition) is 0. The molecule has 2 heterocycles. The lowest BCUT2D eigenvalue weighted by Crippen LogP contribution is -2.02. The predicted octanol–water partition coefficient (Wildman–Crippen LogP) is 2.86. The average Bonchev–Trinajstić information content (AvgIpc) is 3.05. The van der Waals surface area contributed by atoms with Crippen molar-refractivity contribution in [2.75, 3.05) is 0 Å². The van der Waals surface area contributed by atoms with Crippen molar-refractivity contribution in [3.05, 3.63) is 59.0 Å². The number of rotatable bonds is 3. The quantitative estimate of drug-likeness (QED) is 0.747. The van der Waals surface area contributed by atoms with Gasteiger partial charge in [-0.3, -0.25) is 9.36 Å². The molecule has 3 aromatic rings. The lowest BCUT2D eigenvalue weighted by molar-refractivity contribution is 0.686. The van der Waals surface area contributed by atoms with Crippen molar-refractivity contribution in [3.63, 3.8) is 0 Å². The molecule has 21 heavy (non-hydrogen) atoms. The van der Waals surface area contributed by atoms with Crippen molar-refractivity contribution in [2.24, 2.45) is 7.05 Å². The van der Waals surface area contributed by atoms with Crippen molar-refractivity contribution in [1.29, 1.82) is 5.26 Å². The topological polar surface area (TPSA) is 59.4 Å². The van der Waals surface area contributed by atoms with Crippen LogP contribution in [-0.2, 0) is 13.6 Å². The van der Waals surface area contributed by atoms with E-state index in [1.807, 2.05) is 37.5 Å². The van der Waals surface area contributed by atoms with Crippen LogP contribution in [0.15, 0.2) is 42.7 Å². The molecule has 0 saturated heterocycles. The first-order chi connectivity index (χ1) is 10.2. The highest BCUT2D eigenvalue weighted by molar-refractivity contribution is 6.32. The van der Waals surface area contributed by atoms with Crippen LogP contribution in [0.2, 0.25) is 5.15 Å². The van der Waals surface area contributed by atoms with Crippen LogP contribution in [0.4, 0.5) is 0 Å². The molecule has 0 aliphatic heterocycles. The second kappa shape index (κ2) is 5.43. The first-order valence-corrected chi connectivity index (χ1v) is 6.76. The van der Waals surface area contributed by atoms with Gasteiger partial charge in [0.1, 0.15) is 0 Å². The van der Waals surface area contributed by atoms with E-state index in [2.05, 4.69) is 16.3 Å². The van der Waals surface area contributed by atoms with Gasteiger partial charge in [-0.05, 0) is 17.7 Å². The molecule has 0 radical (unpaired) electrons. The van der Waals surface area contributed by atoms with E-state index in [9.17, 15) is 0 Å². The maximum absolute atomic E-state index is 9.13. The number of nitriles is 1. The van der Waals surface area contributed by atoms with E-state index in [1.54, 1.807) is 21.6 Å². The number of aryl methyl sites for hydroxylation is 1. The fourth-order valence-electron chi connectivity index (χ4n) is 2.23. The maximum Gasteiger partial charge on any atom is 0.160 e. The van der Waals surface area contributed by atoms with E-state index < -0.39 is 0 Å². The molecule has 0 bridgehead atoms. The standard InChI is InChI=1S/C15H12ClN5/c1-20-14(6-7-18-20)13-10-21(19-15(13)16)9-12-5-3-2-4-11(12)8-17/h2-7,10H,9H2,1H3. The molecule has 6 heteroatoms. The molecular weight excluding hydrogens is 286 g/mol. The smallest absolute Gasteiger partial charge is 0.160 e. The van der Waals surface area contributed by atoms with Crippen LogP contribution < -0.4 is 0 Å². The Labute approximate surface area is 127 Å². The van der Waals surface area contributed by atoms with Crippen LogP contribution in [0.5, 0.6) is 0 Å². The summed E-state index contributed by atoms with van der Waals surface area (Å²) in [6.07, 6.45) is 3.58. The van der Waals surface area contributed by atoms with Crippen molar-refractivity contribution in [3.8, 4) is 17.3 Å². The number of hydrogen-bond acceptors (Lipinski definition) is 3. The summed E-state index contributed by atoms with van der Waals surface area (Å²) in [7, 11) is 1.86. The van der Waals surface area contributed by atoms with E-state index in [4.69, 9.17) is 16.9 Å². The van der Waals surface area contributed by atoms with E-state index in [0.29, 0.717) is 17.3 Å². The largest absolute Gasteiger partial charge is 0.268 e. The van der Waals surface area contributed by atoms with Gasteiger partial charge >= 0.3 is 0 Å². The highest BCUT2D eigenvalue weighted by Gasteiger charge is 2.13. The Morgan fingerprint density at radius 3 is 2.81 bits per heavy atom. The second-order valence-electron chi connectivity index (χ2n) is 4.64. The molecule has 0 amide bonds. The van der Waals surface area contributed by atoms with Crippen molar-refractivity contribution >= 4 is 11.6 Å². The highest BCUT2D eigenvalue weighted by Crippen LogP contribution is 2.26.